The van der Waals surface area contributed by atoms with Gasteiger partial charge < -0.3 is 5.73 Å². The fraction of sp³-hybridized carbons (Fsp3) is 0.125. The van der Waals surface area contributed by atoms with Gasteiger partial charge in [-0.25, -0.2) is 0 Å². The molecule has 2 amide bonds. The third-order valence-corrected chi connectivity index (χ3v) is 3.89. The Morgan fingerprint density at radius 3 is 1.50 bits per heavy atom. The zero-order chi connectivity index (χ0) is 23.5. The van der Waals surface area contributed by atoms with Crippen LogP contribution in [0.5, 0.6) is 0 Å². The highest BCUT2D eigenvalue weighted by Gasteiger charge is 2.27. The van der Waals surface area contributed by atoms with Crippen molar-refractivity contribution in [2.45, 2.75) is 0 Å². The molecule has 16 nitrogen and oxygen atoms in total. The van der Waals surface area contributed by atoms with Crippen LogP contribution in [-0.4, -0.2) is 29.8 Å². The van der Waals surface area contributed by atoms with Gasteiger partial charge in [0.2, 0.25) is 0 Å². The lowest BCUT2D eigenvalue weighted by molar-refractivity contribution is 0.0622. The Balaban J connectivity index is 2.59. The molecule has 0 bridgehead atoms. The Labute approximate surface area is 178 Å². The number of hydrogen-bond acceptors (Lipinski definition) is 7. The number of benzene rings is 2. The summed E-state index contributed by atoms with van der Waals surface area (Å²) in [5, 5.41) is 13.6. The molecule has 16 heteroatoms. The molecule has 0 aliphatic rings. The predicted molar refractivity (Wildman–Crippen MR) is 113 cm³/mol. The van der Waals surface area contributed by atoms with Gasteiger partial charge in [0.1, 0.15) is 0 Å². The number of rotatable bonds is 8. The molecule has 158 valence electrons. The zero-order valence-electron chi connectivity index (χ0n) is 16.1. The maximum Gasteiger partial charge on any atom is 0.261 e. The SMILES string of the molecule is [N-]=[N+]=Nc1ccc(C(=O)N(CCN)C(=O)c2ccc(N=[N+]=[N-])cc2N=[N+]=[N-])c(N=[N+]=[N-])c1. The third kappa shape index (κ3) is 5.23. The Morgan fingerprint density at radius 1 is 0.750 bits per heavy atom. The number of carbonyl (C=O) groups excluding carboxylic acids is 2. The molecule has 2 aromatic carbocycles. The molecule has 0 saturated carbocycles. The van der Waals surface area contributed by atoms with Crippen LogP contribution in [0.1, 0.15) is 20.7 Å². The minimum Gasteiger partial charge on any atom is -0.329 e. The molecule has 32 heavy (non-hydrogen) atoms. The molecular formula is C16H12N14O2. The lowest BCUT2D eigenvalue weighted by Gasteiger charge is -2.22. The maximum absolute atomic E-state index is 13.1. The molecule has 0 radical (unpaired) electrons. The van der Waals surface area contributed by atoms with Crippen LogP contribution in [-0.2, 0) is 0 Å². The van der Waals surface area contributed by atoms with Crippen molar-refractivity contribution in [3.8, 4) is 0 Å². The van der Waals surface area contributed by atoms with E-state index in [2.05, 4.69) is 40.1 Å². The van der Waals surface area contributed by atoms with E-state index >= 15 is 0 Å². The van der Waals surface area contributed by atoms with Crippen LogP contribution in [0.3, 0.4) is 0 Å². The van der Waals surface area contributed by atoms with E-state index in [1.807, 2.05) is 0 Å². The predicted octanol–water partition coefficient (Wildman–Crippen LogP) is 5.70. The molecule has 0 spiro atoms. The molecule has 0 atom stereocenters. The van der Waals surface area contributed by atoms with Crippen LogP contribution in [0.4, 0.5) is 22.7 Å². The third-order valence-electron chi connectivity index (χ3n) is 3.89. The number of imide groups is 1. The minimum absolute atomic E-state index is 0.0856. The van der Waals surface area contributed by atoms with Gasteiger partial charge in [0, 0.05) is 55.2 Å². The molecule has 0 fully saturated rings. The molecule has 2 aromatic rings. The fourth-order valence-electron chi connectivity index (χ4n) is 2.61. The number of nitrogens with zero attached hydrogens (tertiary/aromatic N) is 13. The van der Waals surface area contributed by atoms with E-state index in [1.165, 1.54) is 36.4 Å². The summed E-state index contributed by atoms with van der Waals surface area (Å²) in [5.41, 5.74) is 39.8. The van der Waals surface area contributed by atoms with E-state index in [9.17, 15) is 9.59 Å². The second-order valence-electron chi connectivity index (χ2n) is 5.71. The van der Waals surface area contributed by atoms with Crippen molar-refractivity contribution >= 4 is 34.6 Å². The molecule has 0 aromatic heterocycles. The van der Waals surface area contributed by atoms with E-state index in [0.29, 0.717) is 0 Å². The summed E-state index contributed by atoms with van der Waals surface area (Å²) in [6, 6.07) is 7.41. The lowest BCUT2D eigenvalue weighted by atomic mass is 10.1. The largest absolute Gasteiger partial charge is 0.329 e. The summed E-state index contributed by atoms with van der Waals surface area (Å²) in [4.78, 5) is 37.6. The van der Waals surface area contributed by atoms with Crippen molar-refractivity contribution in [1.29, 1.82) is 0 Å². The van der Waals surface area contributed by atoms with Gasteiger partial charge >= 0.3 is 0 Å². The summed E-state index contributed by atoms with van der Waals surface area (Å²) >= 11 is 0. The van der Waals surface area contributed by atoms with Gasteiger partial charge in [-0.15, -0.1) is 0 Å². The van der Waals surface area contributed by atoms with Gasteiger partial charge in [0.25, 0.3) is 11.8 Å². The summed E-state index contributed by atoms with van der Waals surface area (Å²) in [6.07, 6.45) is 0. The first-order valence-electron chi connectivity index (χ1n) is 8.55. The Bertz CT molecular complexity index is 1170. The van der Waals surface area contributed by atoms with Crippen LogP contribution >= 0.6 is 0 Å². The normalized spacial score (nSPS) is 9.28. The molecule has 0 unspecified atom stereocenters. The van der Waals surface area contributed by atoms with E-state index in [0.717, 1.165) is 4.90 Å². The van der Waals surface area contributed by atoms with E-state index in [1.54, 1.807) is 0 Å². The van der Waals surface area contributed by atoms with Gasteiger partial charge in [-0.3, -0.25) is 14.5 Å². The summed E-state index contributed by atoms with van der Waals surface area (Å²) in [6.45, 7) is -0.321. The number of amides is 2. The second kappa shape index (κ2) is 11.1. The molecule has 2 rings (SSSR count). The fourth-order valence-corrected chi connectivity index (χ4v) is 2.61. The number of nitrogens with two attached hydrogens (primary N) is 1. The van der Waals surface area contributed by atoms with Crippen LogP contribution < -0.4 is 5.73 Å². The minimum atomic E-state index is -0.860. The first-order chi connectivity index (χ1) is 15.5. The van der Waals surface area contributed by atoms with Gasteiger partial charge in [-0.2, -0.15) is 0 Å². The van der Waals surface area contributed by atoms with Crippen LogP contribution in [0, 0.1) is 0 Å². The molecule has 0 aliphatic heterocycles. The summed E-state index contributed by atoms with van der Waals surface area (Å²) < 4.78 is 0. The summed E-state index contributed by atoms with van der Waals surface area (Å²) in [7, 11) is 0. The van der Waals surface area contributed by atoms with Gasteiger partial charge in [0.05, 0.1) is 11.4 Å². The standard InChI is InChI=1S/C16H12N14O2/c17-5-6-30(15(31)11-3-1-9(22-26-18)7-13(11)24-28-20)16(32)12-4-2-10(23-27-19)8-14(12)25-29-21/h1-4,7-8H,5-6,17H2. The molecule has 0 heterocycles. The molecule has 2 N–H and O–H groups in total. The monoisotopic (exact) mass is 432 g/mol. The average Bonchev–Trinajstić information content (AvgIpc) is 2.78. The Kier molecular flexibility index (Phi) is 7.99. The second-order valence-corrected chi connectivity index (χ2v) is 5.71. The van der Waals surface area contributed by atoms with Gasteiger partial charge in [-0.1, -0.05) is 32.6 Å². The van der Waals surface area contributed by atoms with Crippen molar-refractivity contribution in [3.63, 3.8) is 0 Å². The zero-order valence-corrected chi connectivity index (χ0v) is 16.1. The Hall–Kier alpha value is -5.22. The van der Waals surface area contributed by atoms with Crippen molar-refractivity contribution in [2.24, 2.45) is 26.2 Å². The quantitative estimate of drug-likeness (QED) is 0.238. The molecule has 0 aliphatic carbocycles. The highest BCUT2D eigenvalue weighted by Crippen LogP contribution is 2.30. The van der Waals surface area contributed by atoms with Crippen molar-refractivity contribution in [3.05, 3.63) is 89.3 Å². The number of azide groups is 4. The first kappa shape index (κ1) is 23.1. The van der Waals surface area contributed by atoms with Crippen molar-refractivity contribution < 1.29 is 9.59 Å². The summed E-state index contributed by atoms with van der Waals surface area (Å²) in [5.74, 6) is -1.72. The number of hydrogen-bond donors (Lipinski definition) is 1. The highest BCUT2D eigenvalue weighted by atomic mass is 16.2. The first-order valence-corrected chi connectivity index (χ1v) is 8.55. The molecular weight excluding hydrogens is 420 g/mol. The van der Waals surface area contributed by atoms with E-state index < -0.39 is 11.8 Å². The number of carbonyl (C=O) groups is 2. The van der Waals surface area contributed by atoms with Gasteiger partial charge in [0.15, 0.2) is 0 Å². The van der Waals surface area contributed by atoms with Gasteiger partial charge in [-0.05, 0) is 46.4 Å². The maximum atomic E-state index is 13.1. The van der Waals surface area contributed by atoms with Crippen LogP contribution in [0.15, 0.2) is 56.9 Å². The Morgan fingerprint density at radius 2 is 1.16 bits per heavy atom. The highest BCUT2D eigenvalue weighted by molar-refractivity contribution is 6.13. The average molecular weight is 432 g/mol. The topological polar surface area (TPSA) is 258 Å². The van der Waals surface area contributed by atoms with Crippen molar-refractivity contribution in [2.75, 3.05) is 13.1 Å². The van der Waals surface area contributed by atoms with E-state index in [-0.39, 0.29) is 47.0 Å². The van der Waals surface area contributed by atoms with Crippen LogP contribution in [0.2, 0.25) is 0 Å². The van der Waals surface area contributed by atoms with Crippen molar-refractivity contribution in [1.82, 2.24) is 4.90 Å². The lowest BCUT2D eigenvalue weighted by Crippen LogP contribution is -2.40. The smallest absolute Gasteiger partial charge is 0.261 e. The molecule has 0 saturated heterocycles. The van der Waals surface area contributed by atoms with Crippen LogP contribution in [0.25, 0.3) is 41.8 Å². The van der Waals surface area contributed by atoms with E-state index in [4.69, 9.17) is 27.9 Å².